The molecule has 0 aliphatic rings. The summed E-state index contributed by atoms with van der Waals surface area (Å²) >= 11 is 0. The number of halogens is 1. The molecule has 100 valence electrons. The van der Waals surface area contributed by atoms with E-state index in [1.54, 1.807) is 28.8 Å². The average Bonchev–Trinajstić information content (AvgIpc) is 2.78. The van der Waals surface area contributed by atoms with Gasteiger partial charge in [0.25, 0.3) is 0 Å². The van der Waals surface area contributed by atoms with Crippen molar-refractivity contribution in [2.75, 3.05) is 13.6 Å². The van der Waals surface area contributed by atoms with Gasteiger partial charge in [-0.2, -0.15) is 0 Å². The Kier molecular flexibility index (Phi) is 4.12. The fourth-order valence-corrected chi connectivity index (χ4v) is 2.05. The normalized spacial score (nSPS) is 10.9. The smallest absolute Gasteiger partial charge is 0.193 e. The van der Waals surface area contributed by atoms with E-state index in [9.17, 15) is 9.18 Å². The van der Waals surface area contributed by atoms with Crippen molar-refractivity contribution in [1.82, 2.24) is 9.47 Å². The van der Waals surface area contributed by atoms with Crippen molar-refractivity contribution in [3.8, 4) is 0 Å². The lowest BCUT2D eigenvalue weighted by Crippen LogP contribution is -2.27. The van der Waals surface area contributed by atoms with Crippen LogP contribution < -0.4 is 0 Å². The van der Waals surface area contributed by atoms with Crippen molar-refractivity contribution in [1.29, 1.82) is 0 Å². The molecule has 1 aromatic heterocycles. The topological polar surface area (TPSA) is 25.2 Å². The third-order valence-electron chi connectivity index (χ3n) is 3.04. The predicted molar refractivity (Wildman–Crippen MR) is 72.5 cm³/mol. The van der Waals surface area contributed by atoms with Crippen LogP contribution in [0, 0.1) is 5.82 Å². The lowest BCUT2D eigenvalue weighted by Gasteiger charge is -2.16. The maximum absolute atomic E-state index is 13.5. The van der Waals surface area contributed by atoms with E-state index < -0.39 is 0 Å². The Bertz CT molecular complexity index is 577. The van der Waals surface area contributed by atoms with E-state index in [-0.39, 0.29) is 18.1 Å². The van der Waals surface area contributed by atoms with Gasteiger partial charge in [0, 0.05) is 25.4 Å². The van der Waals surface area contributed by atoms with Gasteiger partial charge in [-0.25, -0.2) is 4.39 Å². The number of likely N-dealkylation sites (N-methyl/N-ethyl adjacent to an activating group) is 1. The summed E-state index contributed by atoms with van der Waals surface area (Å²) in [5, 5.41) is 0. The molecule has 2 rings (SSSR count). The molecule has 1 heterocycles. The molecule has 0 saturated heterocycles. The van der Waals surface area contributed by atoms with Crippen LogP contribution in [0.4, 0.5) is 4.39 Å². The first-order chi connectivity index (χ1) is 9.08. The highest BCUT2D eigenvalue weighted by molar-refractivity contribution is 5.96. The maximum Gasteiger partial charge on any atom is 0.193 e. The Hall–Kier alpha value is -1.94. The Balaban J connectivity index is 1.99. The fourth-order valence-electron chi connectivity index (χ4n) is 2.05. The van der Waals surface area contributed by atoms with Gasteiger partial charge in [0.05, 0.1) is 12.2 Å². The first-order valence-corrected chi connectivity index (χ1v) is 6.14. The molecule has 0 aliphatic carbocycles. The Morgan fingerprint density at radius 2 is 2.00 bits per heavy atom. The molecule has 0 bridgehead atoms. The van der Waals surface area contributed by atoms with Crippen LogP contribution in [0.25, 0.3) is 0 Å². The zero-order chi connectivity index (χ0) is 13.8. The van der Waals surface area contributed by atoms with Gasteiger partial charge >= 0.3 is 0 Å². The number of hydrogen-bond donors (Lipinski definition) is 0. The van der Waals surface area contributed by atoms with Gasteiger partial charge < -0.3 is 4.57 Å². The molecular formula is C15H17FN2O. The van der Waals surface area contributed by atoms with Crippen molar-refractivity contribution in [2.24, 2.45) is 7.05 Å². The second-order valence-corrected chi connectivity index (χ2v) is 4.69. The first kappa shape index (κ1) is 13.5. The Labute approximate surface area is 112 Å². The third-order valence-corrected chi connectivity index (χ3v) is 3.04. The maximum atomic E-state index is 13.5. The molecule has 19 heavy (non-hydrogen) atoms. The van der Waals surface area contributed by atoms with Crippen molar-refractivity contribution in [2.45, 2.75) is 6.54 Å². The second-order valence-electron chi connectivity index (χ2n) is 4.69. The number of nitrogens with zero attached hydrogens (tertiary/aromatic N) is 2. The van der Waals surface area contributed by atoms with E-state index in [0.717, 1.165) is 0 Å². The molecule has 4 heteroatoms. The number of benzene rings is 1. The molecule has 0 aliphatic heterocycles. The van der Waals surface area contributed by atoms with Crippen LogP contribution in [-0.2, 0) is 13.6 Å². The number of Topliss-reactive ketones (excluding diaryl/α,β-unsaturated/α-hetero) is 1. The Morgan fingerprint density at radius 3 is 2.63 bits per heavy atom. The Morgan fingerprint density at radius 1 is 1.26 bits per heavy atom. The molecule has 0 spiro atoms. The highest BCUT2D eigenvalue weighted by Crippen LogP contribution is 2.09. The predicted octanol–water partition coefficient (Wildman–Crippen LogP) is 2.48. The summed E-state index contributed by atoms with van der Waals surface area (Å²) in [6.07, 6.45) is 1.84. The lowest BCUT2D eigenvalue weighted by atomic mass is 10.2. The van der Waals surface area contributed by atoms with Gasteiger partial charge in [-0.15, -0.1) is 0 Å². The van der Waals surface area contributed by atoms with Crippen LogP contribution in [0.3, 0.4) is 0 Å². The molecule has 0 N–H and O–H groups in total. The summed E-state index contributed by atoms with van der Waals surface area (Å²) in [5.74, 6) is -0.202. The summed E-state index contributed by atoms with van der Waals surface area (Å²) in [5.41, 5.74) is 1.27. The van der Waals surface area contributed by atoms with Crippen molar-refractivity contribution >= 4 is 5.78 Å². The number of carbonyl (C=O) groups excluding carboxylic acids is 1. The monoisotopic (exact) mass is 260 g/mol. The van der Waals surface area contributed by atoms with Crippen LogP contribution in [0.2, 0.25) is 0 Å². The van der Waals surface area contributed by atoms with Crippen LogP contribution in [-0.4, -0.2) is 28.8 Å². The number of rotatable bonds is 5. The van der Waals surface area contributed by atoms with Gasteiger partial charge in [0.15, 0.2) is 5.78 Å². The van der Waals surface area contributed by atoms with Gasteiger partial charge in [-0.3, -0.25) is 9.69 Å². The molecule has 0 radical (unpaired) electrons. The summed E-state index contributed by atoms with van der Waals surface area (Å²) in [4.78, 5) is 13.9. The number of hydrogen-bond acceptors (Lipinski definition) is 2. The van der Waals surface area contributed by atoms with Gasteiger partial charge in [-0.05, 0) is 25.2 Å². The van der Waals surface area contributed by atoms with E-state index in [4.69, 9.17) is 0 Å². The first-order valence-electron chi connectivity index (χ1n) is 6.14. The summed E-state index contributed by atoms with van der Waals surface area (Å²) in [6.45, 7) is 0.690. The van der Waals surface area contributed by atoms with Crippen molar-refractivity contribution in [3.63, 3.8) is 0 Å². The number of aryl methyl sites for hydroxylation is 1. The van der Waals surface area contributed by atoms with Crippen LogP contribution in [0.1, 0.15) is 16.1 Å². The largest absolute Gasteiger partial charge is 0.348 e. The molecule has 2 aromatic rings. The minimum atomic E-state index is -0.235. The number of carbonyl (C=O) groups is 1. The SMILES string of the molecule is CN(CC(=O)c1cccn1C)Cc1ccccc1F. The highest BCUT2D eigenvalue weighted by Gasteiger charge is 2.13. The third kappa shape index (κ3) is 3.29. The summed E-state index contributed by atoms with van der Waals surface area (Å²) in [6, 6.07) is 10.3. The van der Waals surface area contributed by atoms with Crippen LogP contribution >= 0.6 is 0 Å². The second kappa shape index (κ2) is 5.80. The molecule has 3 nitrogen and oxygen atoms in total. The minimum Gasteiger partial charge on any atom is -0.348 e. The molecule has 0 saturated carbocycles. The van der Waals surface area contributed by atoms with Gasteiger partial charge in [0.1, 0.15) is 5.82 Å². The van der Waals surface area contributed by atoms with Gasteiger partial charge in [-0.1, -0.05) is 18.2 Å². The van der Waals surface area contributed by atoms with E-state index in [0.29, 0.717) is 17.8 Å². The molecule has 0 amide bonds. The van der Waals surface area contributed by atoms with Gasteiger partial charge in [0.2, 0.25) is 0 Å². The number of aromatic nitrogens is 1. The number of ketones is 1. The quantitative estimate of drug-likeness (QED) is 0.772. The molecule has 0 fully saturated rings. The molecule has 1 aromatic carbocycles. The van der Waals surface area contributed by atoms with Crippen LogP contribution in [0.5, 0.6) is 0 Å². The molecule has 0 atom stereocenters. The fraction of sp³-hybridized carbons (Fsp3) is 0.267. The molecule has 0 unspecified atom stereocenters. The van der Waals surface area contributed by atoms with E-state index in [2.05, 4.69) is 0 Å². The zero-order valence-corrected chi connectivity index (χ0v) is 11.1. The van der Waals surface area contributed by atoms with E-state index >= 15 is 0 Å². The average molecular weight is 260 g/mol. The molecular weight excluding hydrogens is 243 g/mol. The van der Waals surface area contributed by atoms with E-state index in [1.165, 1.54) is 6.07 Å². The summed E-state index contributed by atoms with van der Waals surface area (Å²) in [7, 11) is 3.65. The zero-order valence-electron chi connectivity index (χ0n) is 11.1. The minimum absolute atomic E-state index is 0.0336. The van der Waals surface area contributed by atoms with Crippen molar-refractivity contribution in [3.05, 3.63) is 59.7 Å². The van der Waals surface area contributed by atoms with Crippen molar-refractivity contribution < 1.29 is 9.18 Å². The van der Waals surface area contributed by atoms with E-state index in [1.807, 2.05) is 31.3 Å². The highest BCUT2D eigenvalue weighted by atomic mass is 19.1. The van der Waals surface area contributed by atoms with Crippen LogP contribution in [0.15, 0.2) is 42.6 Å². The lowest BCUT2D eigenvalue weighted by molar-refractivity contribution is 0.0934. The summed E-state index contributed by atoms with van der Waals surface area (Å²) < 4.78 is 15.3. The standard InChI is InChI=1S/C15H17FN2O/c1-17(10-12-6-3-4-7-13(12)16)11-15(19)14-8-5-9-18(14)2/h3-9H,10-11H2,1-2H3.